The summed E-state index contributed by atoms with van der Waals surface area (Å²) in [6, 6.07) is 10.4. The number of fused-ring (bicyclic) bond motifs is 1. The Balaban J connectivity index is 2.20. The maximum absolute atomic E-state index is 6.10. The van der Waals surface area contributed by atoms with Gasteiger partial charge >= 0.3 is 0 Å². The summed E-state index contributed by atoms with van der Waals surface area (Å²) in [5, 5.41) is 2.41. The Kier molecular flexibility index (Phi) is 1.45. The molecular weight excluding hydrogens is 172 g/mol. The predicted octanol–water partition coefficient (Wildman–Crippen LogP) is 2.18. The Morgan fingerprint density at radius 3 is 2.57 bits per heavy atom. The van der Waals surface area contributed by atoms with E-state index in [9.17, 15) is 0 Å². The van der Waals surface area contributed by atoms with Gasteiger partial charge in [0.25, 0.3) is 0 Å². The number of pyridine rings is 1. The maximum atomic E-state index is 6.10. The lowest BCUT2D eigenvalue weighted by molar-refractivity contribution is 0.710. The molecule has 0 aliphatic heterocycles. The highest BCUT2D eigenvalue weighted by Gasteiger charge is 2.41. The third-order valence-electron chi connectivity index (χ3n) is 2.93. The smallest absolute Gasteiger partial charge is 0.0608 e. The molecule has 1 fully saturated rings. The molecule has 1 heterocycles. The van der Waals surface area contributed by atoms with Crippen molar-refractivity contribution < 1.29 is 0 Å². The fourth-order valence-electron chi connectivity index (χ4n) is 1.75. The van der Waals surface area contributed by atoms with Crippen LogP contribution in [0.15, 0.2) is 36.5 Å². The number of hydrogen-bond donors (Lipinski definition) is 1. The highest BCUT2D eigenvalue weighted by molar-refractivity contribution is 5.82. The molecule has 2 nitrogen and oxygen atoms in total. The Hall–Kier alpha value is -1.41. The van der Waals surface area contributed by atoms with Crippen LogP contribution < -0.4 is 5.73 Å². The average Bonchev–Trinajstić information content (AvgIpc) is 2.97. The molecule has 1 aromatic carbocycles. The fraction of sp³-hybridized carbons (Fsp3) is 0.250. The van der Waals surface area contributed by atoms with Crippen LogP contribution in [-0.2, 0) is 5.54 Å². The first kappa shape index (κ1) is 7.94. The molecule has 0 spiro atoms. The van der Waals surface area contributed by atoms with Gasteiger partial charge in [-0.25, -0.2) is 0 Å². The number of nitrogens with zero attached hydrogens (tertiary/aromatic N) is 1. The van der Waals surface area contributed by atoms with E-state index in [4.69, 9.17) is 5.73 Å². The lowest BCUT2D eigenvalue weighted by Crippen LogP contribution is -2.19. The van der Waals surface area contributed by atoms with Crippen molar-refractivity contribution in [1.29, 1.82) is 0 Å². The second-order valence-electron chi connectivity index (χ2n) is 4.07. The Labute approximate surface area is 82.8 Å². The third kappa shape index (κ3) is 1.11. The molecule has 0 saturated heterocycles. The SMILES string of the molecule is NC1(c2cc3ccccc3cn2)CC1. The molecule has 3 rings (SSSR count). The minimum absolute atomic E-state index is 0.121. The summed E-state index contributed by atoms with van der Waals surface area (Å²) in [6.45, 7) is 0. The number of hydrogen-bond acceptors (Lipinski definition) is 2. The first-order valence-corrected chi connectivity index (χ1v) is 4.92. The lowest BCUT2D eigenvalue weighted by atomic mass is 10.1. The quantitative estimate of drug-likeness (QED) is 0.737. The minimum atomic E-state index is -0.121. The zero-order valence-electron chi connectivity index (χ0n) is 7.90. The normalized spacial score (nSPS) is 18.4. The Bertz CT molecular complexity index is 486. The van der Waals surface area contributed by atoms with E-state index >= 15 is 0 Å². The van der Waals surface area contributed by atoms with Crippen LogP contribution in [0.2, 0.25) is 0 Å². The van der Waals surface area contributed by atoms with Crippen LogP contribution in [0.3, 0.4) is 0 Å². The second-order valence-corrected chi connectivity index (χ2v) is 4.07. The fourth-order valence-corrected chi connectivity index (χ4v) is 1.75. The lowest BCUT2D eigenvalue weighted by Gasteiger charge is -2.08. The van der Waals surface area contributed by atoms with Gasteiger partial charge in [0.05, 0.1) is 11.2 Å². The van der Waals surface area contributed by atoms with Crippen LogP contribution in [-0.4, -0.2) is 4.98 Å². The topological polar surface area (TPSA) is 38.9 Å². The number of nitrogens with two attached hydrogens (primary N) is 1. The molecule has 0 atom stereocenters. The summed E-state index contributed by atoms with van der Waals surface area (Å²) in [6.07, 6.45) is 4.05. The van der Waals surface area contributed by atoms with Crippen molar-refractivity contribution in [3.8, 4) is 0 Å². The standard InChI is InChI=1S/C12H12N2/c13-12(5-6-12)11-7-9-3-1-2-4-10(9)8-14-11/h1-4,7-8H,5-6,13H2. The van der Waals surface area contributed by atoms with Gasteiger partial charge in [-0.1, -0.05) is 24.3 Å². The van der Waals surface area contributed by atoms with Crippen molar-refractivity contribution in [2.45, 2.75) is 18.4 Å². The summed E-state index contributed by atoms with van der Waals surface area (Å²) >= 11 is 0. The highest BCUT2D eigenvalue weighted by Crippen LogP contribution is 2.42. The van der Waals surface area contributed by atoms with Crippen molar-refractivity contribution in [2.75, 3.05) is 0 Å². The van der Waals surface area contributed by atoms with E-state index in [0.717, 1.165) is 18.5 Å². The van der Waals surface area contributed by atoms with Gasteiger partial charge in [0.2, 0.25) is 0 Å². The molecular formula is C12H12N2. The zero-order valence-corrected chi connectivity index (χ0v) is 7.90. The molecule has 2 aromatic rings. The van der Waals surface area contributed by atoms with E-state index in [0.29, 0.717) is 0 Å². The summed E-state index contributed by atoms with van der Waals surface area (Å²) in [5.41, 5.74) is 7.01. The van der Waals surface area contributed by atoms with Gasteiger partial charge in [0.15, 0.2) is 0 Å². The monoisotopic (exact) mass is 184 g/mol. The van der Waals surface area contributed by atoms with Gasteiger partial charge in [-0.2, -0.15) is 0 Å². The maximum Gasteiger partial charge on any atom is 0.0608 e. The van der Waals surface area contributed by atoms with Crippen LogP contribution in [0.5, 0.6) is 0 Å². The Morgan fingerprint density at radius 2 is 1.86 bits per heavy atom. The molecule has 0 amide bonds. The van der Waals surface area contributed by atoms with Crippen LogP contribution in [0.4, 0.5) is 0 Å². The van der Waals surface area contributed by atoms with Crippen LogP contribution in [0, 0.1) is 0 Å². The number of benzene rings is 1. The molecule has 0 unspecified atom stereocenters. The molecule has 1 saturated carbocycles. The largest absolute Gasteiger partial charge is 0.320 e. The highest BCUT2D eigenvalue weighted by atomic mass is 14.9. The van der Waals surface area contributed by atoms with E-state index in [1.54, 1.807) is 0 Å². The summed E-state index contributed by atoms with van der Waals surface area (Å²) in [5.74, 6) is 0. The molecule has 2 heteroatoms. The van der Waals surface area contributed by atoms with E-state index in [1.165, 1.54) is 10.8 Å². The van der Waals surface area contributed by atoms with Gasteiger partial charge in [-0.05, 0) is 24.3 Å². The van der Waals surface area contributed by atoms with E-state index in [1.807, 2.05) is 18.3 Å². The molecule has 1 aliphatic carbocycles. The van der Waals surface area contributed by atoms with E-state index < -0.39 is 0 Å². The van der Waals surface area contributed by atoms with Crippen molar-refractivity contribution in [1.82, 2.24) is 4.98 Å². The van der Waals surface area contributed by atoms with Crippen LogP contribution in [0.25, 0.3) is 10.8 Å². The van der Waals surface area contributed by atoms with Gasteiger partial charge in [-0.3, -0.25) is 4.98 Å². The molecule has 1 aliphatic rings. The second kappa shape index (κ2) is 2.55. The van der Waals surface area contributed by atoms with Gasteiger partial charge in [0.1, 0.15) is 0 Å². The third-order valence-corrected chi connectivity index (χ3v) is 2.93. The van der Waals surface area contributed by atoms with Crippen molar-refractivity contribution in [3.63, 3.8) is 0 Å². The first-order valence-electron chi connectivity index (χ1n) is 4.92. The minimum Gasteiger partial charge on any atom is -0.320 e. The first-order chi connectivity index (χ1) is 6.78. The molecule has 14 heavy (non-hydrogen) atoms. The predicted molar refractivity (Wildman–Crippen MR) is 56.8 cm³/mol. The summed E-state index contributed by atoms with van der Waals surface area (Å²) < 4.78 is 0. The van der Waals surface area contributed by atoms with Gasteiger partial charge in [-0.15, -0.1) is 0 Å². The molecule has 2 N–H and O–H groups in total. The van der Waals surface area contributed by atoms with Gasteiger partial charge < -0.3 is 5.73 Å². The van der Waals surface area contributed by atoms with Crippen molar-refractivity contribution >= 4 is 10.8 Å². The number of rotatable bonds is 1. The van der Waals surface area contributed by atoms with Gasteiger partial charge in [0, 0.05) is 11.6 Å². The Morgan fingerprint density at radius 1 is 1.14 bits per heavy atom. The molecule has 1 aromatic heterocycles. The molecule has 70 valence electrons. The summed E-state index contributed by atoms with van der Waals surface area (Å²) in [7, 11) is 0. The average molecular weight is 184 g/mol. The van der Waals surface area contributed by atoms with Crippen LogP contribution >= 0.6 is 0 Å². The van der Waals surface area contributed by atoms with Crippen LogP contribution in [0.1, 0.15) is 18.5 Å². The number of aromatic nitrogens is 1. The van der Waals surface area contributed by atoms with E-state index in [-0.39, 0.29) is 5.54 Å². The molecule has 0 radical (unpaired) electrons. The van der Waals surface area contributed by atoms with Crippen molar-refractivity contribution in [3.05, 3.63) is 42.2 Å². The van der Waals surface area contributed by atoms with Crippen molar-refractivity contribution in [2.24, 2.45) is 5.73 Å². The molecule has 0 bridgehead atoms. The van der Waals surface area contributed by atoms with E-state index in [2.05, 4.69) is 23.2 Å². The zero-order chi connectivity index (χ0) is 9.60. The summed E-state index contributed by atoms with van der Waals surface area (Å²) in [4.78, 5) is 4.42.